The summed E-state index contributed by atoms with van der Waals surface area (Å²) >= 11 is 0. The summed E-state index contributed by atoms with van der Waals surface area (Å²) in [6.07, 6.45) is -5.41. The Bertz CT molecular complexity index is 935. The van der Waals surface area contributed by atoms with Gasteiger partial charge in [-0.1, -0.05) is 6.07 Å². The predicted octanol–water partition coefficient (Wildman–Crippen LogP) is 2.78. The lowest BCUT2D eigenvalue weighted by Crippen LogP contribution is -2.17. The van der Waals surface area contributed by atoms with Gasteiger partial charge in [0.2, 0.25) is 0 Å². The Morgan fingerprint density at radius 3 is 3.32 bits per heavy atom. The van der Waals surface area contributed by atoms with Gasteiger partial charge in [0.1, 0.15) is 5.75 Å². The lowest BCUT2D eigenvalue weighted by molar-refractivity contribution is 0.415. The number of nitrogens with zero attached hydrogens (tertiary/aromatic N) is 1. The largest absolute Gasteiger partial charge is 0.497 e. The van der Waals surface area contributed by atoms with Crippen LogP contribution < -0.4 is 15.8 Å². The van der Waals surface area contributed by atoms with Gasteiger partial charge in [0.25, 0.3) is 0 Å². The minimum atomic E-state index is -3.43. The van der Waals surface area contributed by atoms with E-state index in [1.165, 1.54) is 24.4 Å². The Morgan fingerprint density at radius 2 is 2.53 bits per heavy atom. The number of benzene rings is 1. The second-order valence-corrected chi connectivity index (χ2v) is 3.64. The molecule has 0 saturated heterocycles. The quantitative estimate of drug-likeness (QED) is 0.848. The monoisotopic (exact) mass is 271 g/mol. The Balaban J connectivity index is 2.65. The topological polar surface area (TPSA) is 60.2 Å². The van der Waals surface area contributed by atoms with Gasteiger partial charge in [-0.2, -0.15) is 0 Å². The Hall–Kier alpha value is -1.81. The van der Waals surface area contributed by atoms with E-state index in [0.29, 0.717) is 5.39 Å². The summed E-state index contributed by atoms with van der Waals surface area (Å²) in [5.41, 5.74) is 5.17. The number of rotatable bonds is 6. The average Bonchev–Trinajstić information content (AvgIpc) is 2.55. The molecule has 0 spiro atoms. The first-order valence-corrected chi connectivity index (χ1v) is 5.40. The molecule has 19 heavy (non-hydrogen) atoms. The molecule has 3 N–H and O–H groups in total. The first kappa shape index (κ1) is 4.94. The lowest BCUT2D eigenvalue weighted by atomic mass is 10.1. The van der Waals surface area contributed by atoms with Crippen molar-refractivity contribution in [3.05, 3.63) is 30.5 Å². The highest BCUT2D eigenvalue weighted by molar-refractivity contribution is 5.91. The highest BCUT2D eigenvalue weighted by Gasteiger charge is 2.08. The number of fused-ring (bicyclic) bond motifs is 1. The molecule has 2 rings (SSSR count). The number of nitrogens with one attached hydrogen (secondary N) is 1. The number of aromatic nitrogens is 1. The number of hydrogen-bond acceptors (Lipinski definition) is 4. The van der Waals surface area contributed by atoms with Crippen LogP contribution >= 0.6 is 0 Å². The standard InChI is InChI=1S/C15H21N3O/c1-11(5-3-7-16)18-14-10-13(19-2)9-12-6-4-8-17-15(12)14/h4,6,8-11,18H,3,5,7,16H2,1-2H3/i1D3,2D3,3D2,5D2,7D2. The molecule has 1 heterocycles. The highest BCUT2D eigenvalue weighted by atomic mass is 16.5. The molecule has 0 aliphatic carbocycles. The zero-order chi connectivity index (χ0) is 24.0. The summed E-state index contributed by atoms with van der Waals surface area (Å²) in [6, 6.07) is 3.23. The number of anilines is 1. The Morgan fingerprint density at radius 1 is 1.58 bits per heavy atom. The van der Waals surface area contributed by atoms with Crippen LogP contribution in [-0.2, 0) is 0 Å². The molecule has 102 valence electrons. The summed E-state index contributed by atoms with van der Waals surface area (Å²) in [5.74, 6) is -0.190. The molecule has 0 amide bonds. The molecule has 4 nitrogen and oxygen atoms in total. The van der Waals surface area contributed by atoms with Gasteiger partial charge in [-0.15, -0.1) is 0 Å². The third-order valence-corrected chi connectivity index (χ3v) is 2.38. The summed E-state index contributed by atoms with van der Waals surface area (Å²) < 4.78 is 96.8. The fraction of sp³-hybridized carbons (Fsp3) is 0.400. The van der Waals surface area contributed by atoms with Crippen LogP contribution in [0.15, 0.2) is 30.5 Å². The number of nitrogens with two attached hydrogens (primary N) is 1. The molecule has 1 aromatic heterocycles. The van der Waals surface area contributed by atoms with Gasteiger partial charge < -0.3 is 15.8 Å². The van der Waals surface area contributed by atoms with Crippen LogP contribution in [0.1, 0.15) is 36.0 Å². The molecule has 0 radical (unpaired) electrons. The Labute approximate surface area is 130 Å². The van der Waals surface area contributed by atoms with E-state index in [4.69, 9.17) is 26.9 Å². The van der Waals surface area contributed by atoms with E-state index < -0.39 is 39.2 Å². The van der Waals surface area contributed by atoms with Crippen molar-refractivity contribution >= 4 is 16.6 Å². The molecule has 0 aliphatic rings. The van der Waals surface area contributed by atoms with E-state index in [0.717, 1.165) is 6.07 Å². The van der Waals surface area contributed by atoms with E-state index in [9.17, 15) is 0 Å². The zero-order valence-electron chi connectivity index (χ0n) is 21.9. The van der Waals surface area contributed by atoms with E-state index in [1.54, 1.807) is 0 Å². The minimum Gasteiger partial charge on any atom is -0.497 e. The van der Waals surface area contributed by atoms with Crippen molar-refractivity contribution in [3.63, 3.8) is 0 Å². The molecule has 1 unspecified atom stereocenters. The normalized spacial score (nSPS) is 25.3. The fourth-order valence-electron chi connectivity index (χ4n) is 1.64. The van der Waals surface area contributed by atoms with Gasteiger partial charge in [0, 0.05) is 36.0 Å². The molecule has 1 aromatic carbocycles. The van der Waals surface area contributed by atoms with Crippen LogP contribution in [0.5, 0.6) is 5.75 Å². The zero-order valence-corrected chi connectivity index (χ0v) is 9.90. The molecule has 1 atom stereocenters. The number of ether oxygens (including phenoxy) is 1. The van der Waals surface area contributed by atoms with Crippen molar-refractivity contribution in [1.29, 1.82) is 0 Å². The van der Waals surface area contributed by atoms with Crippen LogP contribution in [0, 0.1) is 0 Å². The van der Waals surface area contributed by atoms with Gasteiger partial charge in [0.15, 0.2) is 0 Å². The van der Waals surface area contributed by atoms with Crippen LogP contribution in [0.2, 0.25) is 0 Å². The molecule has 4 heteroatoms. The van der Waals surface area contributed by atoms with Crippen molar-refractivity contribution in [2.24, 2.45) is 5.73 Å². The van der Waals surface area contributed by atoms with Gasteiger partial charge in [-0.05, 0) is 38.2 Å². The number of hydrogen-bond donors (Lipinski definition) is 2. The molecule has 2 aromatic rings. The highest BCUT2D eigenvalue weighted by Crippen LogP contribution is 2.28. The third-order valence-electron chi connectivity index (χ3n) is 2.38. The molecular weight excluding hydrogens is 238 g/mol. The molecule has 0 aliphatic heterocycles. The molecule has 0 fully saturated rings. The van der Waals surface area contributed by atoms with Gasteiger partial charge in [0.05, 0.1) is 22.4 Å². The lowest BCUT2D eigenvalue weighted by Gasteiger charge is -2.17. The van der Waals surface area contributed by atoms with Crippen molar-refractivity contribution < 1.29 is 21.2 Å². The minimum absolute atomic E-state index is 0.141. The Kier molecular flexibility index (Phi) is 1.66. The fourth-order valence-corrected chi connectivity index (χ4v) is 1.64. The van der Waals surface area contributed by atoms with Crippen LogP contribution in [-0.4, -0.2) is 24.6 Å². The maximum absolute atomic E-state index is 8.16. The van der Waals surface area contributed by atoms with Gasteiger partial charge >= 0.3 is 0 Å². The van der Waals surface area contributed by atoms with E-state index in [-0.39, 0.29) is 17.0 Å². The van der Waals surface area contributed by atoms with E-state index in [1.807, 2.05) is 0 Å². The van der Waals surface area contributed by atoms with Crippen molar-refractivity contribution in [2.75, 3.05) is 18.9 Å². The first-order valence-electron chi connectivity index (χ1n) is 11.4. The third kappa shape index (κ3) is 3.35. The van der Waals surface area contributed by atoms with Crippen molar-refractivity contribution in [3.8, 4) is 5.75 Å². The van der Waals surface area contributed by atoms with Crippen molar-refractivity contribution in [1.82, 2.24) is 4.98 Å². The number of methoxy groups -OCH3 is 1. The van der Waals surface area contributed by atoms with Crippen molar-refractivity contribution in [2.45, 2.75) is 25.6 Å². The predicted molar refractivity (Wildman–Crippen MR) is 79.7 cm³/mol. The van der Waals surface area contributed by atoms with E-state index in [2.05, 4.69) is 10.3 Å². The SMILES string of the molecule is [2H]C([2H])([2H])Oc1cc(NC(C([2H])([2H])[2H])C([2H])([2H])C([2H])([2H])C([2H])([2H])N)c2ncccc2c1. The van der Waals surface area contributed by atoms with E-state index >= 15 is 0 Å². The second kappa shape index (κ2) is 6.38. The van der Waals surface area contributed by atoms with Crippen LogP contribution in [0.25, 0.3) is 10.9 Å². The smallest absolute Gasteiger partial charge is 0.121 e. The molecular formula is C15H21N3O. The summed E-state index contributed by atoms with van der Waals surface area (Å²) in [5, 5.41) is 2.72. The van der Waals surface area contributed by atoms with Crippen LogP contribution in [0.4, 0.5) is 5.69 Å². The average molecular weight is 271 g/mol. The molecule has 0 saturated carbocycles. The first-order chi connectivity index (χ1) is 13.8. The number of pyridine rings is 1. The van der Waals surface area contributed by atoms with Gasteiger partial charge in [-0.25, -0.2) is 0 Å². The molecule has 0 bridgehead atoms. The summed E-state index contributed by atoms with van der Waals surface area (Å²) in [4.78, 5) is 4.09. The van der Waals surface area contributed by atoms with Crippen LogP contribution in [0.3, 0.4) is 0 Å². The van der Waals surface area contributed by atoms with Gasteiger partial charge in [-0.3, -0.25) is 4.98 Å². The second-order valence-electron chi connectivity index (χ2n) is 3.64. The maximum atomic E-state index is 8.16. The maximum Gasteiger partial charge on any atom is 0.121 e. The summed E-state index contributed by atoms with van der Waals surface area (Å²) in [7, 11) is -2.82. The summed E-state index contributed by atoms with van der Waals surface area (Å²) in [6.45, 7) is -6.38.